The molecule has 0 spiro atoms. The van der Waals surface area contributed by atoms with Crippen molar-refractivity contribution in [2.24, 2.45) is 0 Å². The monoisotopic (exact) mass is 575 g/mol. The van der Waals surface area contributed by atoms with Crippen molar-refractivity contribution in [2.75, 3.05) is 6.54 Å². The first-order valence-corrected chi connectivity index (χ1v) is 12.4. The Morgan fingerprint density at radius 1 is 1.03 bits per heavy atom. The number of imide groups is 1. The molecule has 172 valence electrons. The number of ether oxygens (including phenoxy) is 1. The molecule has 0 N–H and O–H groups in total. The summed E-state index contributed by atoms with van der Waals surface area (Å²) in [5.41, 5.74) is 1.94. The Bertz CT molecular complexity index is 1310. The fraction of sp³-hybridized carbons (Fsp3) is 0.0800. The summed E-state index contributed by atoms with van der Waals surface area (Å²) in [6, 6.07) is 19.1. The topological polar surface area (TPSA) is 63.7 Å². The van der Waals surface area contributed by atoms with Crippen LogP contribution in [0.4, 0.5) is 4.79 Å². The lowest BCUT2D eigenvalue weighted by atomic mass is 10.1. The Hall–Kier alpha value is -2.58. The molecule has 5 nitrogen and oxygen atoms in total. The number of Topliss-reactive ketones (excluding diaryl/α,β-unsaturated/α-hetero) is 1. The third kappa shape index (κ3) is 5.73. The van der Waals surface area contributed by atoms with Crippen molar-refractivity contribution in [3.8, 4) is 5.75 Å². The van der Waals surface area contributed by atoms with Gasteiger partial charge in [0.15, 0.2) is 5.78 Å². The molecule has 1 fully saturated rings. The lowest BCUT2D eigenvalue weighted by molar-refractivity contribution is -0.122. The molecule has 1 aliphatic heterocycles. The van der Waals surface area contributed by atoms with E-state index in [9.17, 15) is 14.4 Å². The van der Waals surface area contributed by atoms with Crippen LogP contribution in [0.2, 0.25) is 10.0 Å². The number of carbonyl (C=O) groups excluding carboxylic acids is 3. The second kappa shape index (κ2) is 10.8. The summed E-state index contributed by atoms with van der Waals surface area (Å²) in [7, 11) is 0. The van der Waals surface area contributed by atoms with Gasteiger partial charge in [-0.05, 0) is 81.8 Å². The van der Waals surface area contributed by atoms with E-state index in [0.717, 1.165) is 22.2 Å². The first kappa shape index (κ1) is 24.5. The molecular formula is C25H16BrCl2NO4S. The molecule has 4 rings (SSSR count). The van der Waals surface area contributed by atoms with E-state index in [4.69, 9.17) is 27.9 Å². The summed E-state index contributed by atoms with van der Waals surface area (Å²) in [5.74, 6) is -0.241. The number of nitrogens with zero attached hydrogens (tertiary/aromatic N) is 1. The molecule has 0 unspecified atom stereocenters. The van der Waals surface area contributed by atoms with E-state index >= 15 is 0 Å². The summed E-state index contributed by atoms with van der Waals surface area (Å²) in [6.45, 7) is -0.0275. The van der Waals surface area contributed by atoms with Gasteiger partial charge in [0.1, 0.15) is 12.4 Å². The summed E-state index contributed by atoms with van der Waals surface area (Å²) < 4.78 is 6.53. The predicted octanol–water partition coefficient (Wildman–Crippen LogP) is 7.25. The van der Waals surface area contributed by atoms with Crippen molar-refractivity contribution in [1.29, 1.82) is 0 Å². The summed E-state index contributed by atoms with van der Waals surface area (Å²) in [4.78, 5) is 38.8. The fourth-order valence-corrected chi connectivity index (χ4v) is 4.82. The third-order valence-corrected chi connectivity index (χ3v) is 7.08. The molecule has 0 radical (unpaired) electrons. The highest BCUT2D eigenvalue weighted by Crippen LogP contribution is 2.34. The Labute approximate surface area is 218 Å². The second-order valence-electron chi connectivity index (χ2n) is 7.27. The van der Waals surface area contributed by atoms with Gasteiger partial charge in [-0.2, -0.15) is 0 Å². The van der Waals surface area contributed by atoms with Gasteiger partial charge >= 0.3 is 0 Å². The Morgan fingerprint density at radius 2 is 1.76 bits per heavy atom. The molecule has 9 heteroatoms. The first-order valence-electron chi connectivity index (χ1n) is 10.0. The van der Waals surface area contributed by atoms with Gasteiger partial charge in [-0.25, -0.2) is 0 Å². The van der Waals surface area contributed by atoms with Crippen LogP contribution in [0.15, 0.2) is 76.1 Å². The quantitative estimate of drug-likeness (QED) is 0.219. The van der Waals surface area contributed by atoms with E-state index in [1.54, 1.807) is 54.6 Å². The lowest BCUT2D eigenvalue weighted by Gasteiger charge is -2.11. The Kier molecular flexibility index (Phi) is 7.78. The van der Waals surface area contributed by atoms with Crippen molar-refractivity contribution in [3.63, 3.8) is 0 Å². The van der Waals surface area contributed by atoms with Gasteiger partial charge in [0, 0.05) is 21.2 Å². The molecule has 2 amide bonds. The molecule has 0 bridgehead atoms. The van der Waals surface area contributed by atoms with Gasteiger partial charge in [0.05, 0.1) is 15.9 Å². The van der Waals surface area contributed by atoms with Gasteiger partial charge in [-0.1, -0.05) is 47.5 Å². The average Bonchev–Trinajstić information content (AvgIpc) is 3.07. The smallest absolute Gasteiger partial charge is 0.293 e. The molecule has 0 saturated carbocycles. The highest BCUT2D eigenvalue weighted by atomic mass is 79.9. The van der Waals surface area contributed by atoms with E-state index < -0.39 is 11.1 Å². The number of halogens is 3. The van der Waals surface area contributed by atoms with E-state index in [1.807, 2.05) is 18.2 Å². The van der Waals surface area contributed by atoms with Crippen molar-refractivity contribution in [2.45, 2.75) is 6.61 Å². The average molecular weight is 577 g/mol. The molecule has 3 aromatic rings. The number of amides is 2. The van der Waals surface area contributed by atoms with Crippen molar-refractivity contribution < 1.29 is 19.1 Å². The molecule has 34 heavy (non-hydrogen) atoms. The number of rotatable bonds is 7. The number of benzene rings is 3. The van der Waals surface area contributed by atoms with Crippen molar-refractivity contribution >= 4 is 73.9 Å². The van der Waals surface area contributed by atoms with Crippen LogP contribution in [0, 0.1) is 0 Å². The molecule has 0 aliphatic carbocycles. The van der Waals surface area contributed by atoms with Crippen LogP contribution < -0.4 is 4.74 Å². The maximum Gasteiger partial charge on any atom is 0.293 e. The zero-order valence-electron chi connectivity index (χ0n) is 17.5. The van der Waals surface area contributed by atoms with E-state index in [0.29, 0.717) is 38.0 Å². The van der Waals surface area contributed by atoms with Crippen LogP contribution in [0.5, 0.6) is 5.75 Å². The molecule has 0 aromatic heterocycles. The van der Waals surface area contributed by atoms with Gasteiger partial charge in [0.25, 0.3) is 11.1 Å². The molecule has 0 atom stereocenters. The fourth-order valence-electron chi connectivity index (χ4n) is 3.15. The zero-order valence-corrected chi connectivity index (χ0v) is 21.4. The summed E-state index contributed by atoms with van der Waals surface area (Å²) >= 11 is 16.3. The molecule has 1 saturated heterocycles. The summed E-state index contributed by atoms with van der Waals surface area (Å²) in [6.07, 6.45) is 1.61. The maximum absolute atomic E-state index is 12.8. The predicted molar refractivity (Wildman–Crippen MR) is 138 cm³/mol. The molecule has 1 heterocycles. The van der Waals surface area contributed by atoms with Crippen molar-refractivity contribution in [3.05, 3.63) is 103 Å². The minimum absolute atomic E-state index is 0.241. The van der Waals surface area contributed by atoms with E-state index in [-0.39, 0.29) is 17.2 Å². The molecule has 3 aromatic carbocycles. The number of hydrogen-bond acceptors (Lipinski definition) is 5. The normalized spacial score (nSPS) is 14.7. The number of carbonyl (C=O) groups is 3. The Balaban J connectivity index is 1.44. The maximum atomic E-state index is 12.8. The Morgan fingerprint density at radius 3 is 2.47 bits per heavy atom. The number of ketones is 1. The molecule has 1 aliphatic rings. The number of hydrogen-bond donors (Lipinski definition) is 0. The van der Waals surface area contributed by atoms with Gasteiger partial charge < -0.3 is 4.74 Å². The lowest BCUT2D eigenvalue weighted by Crippen LogP contribution is -2.33. The van der Waals surface area contributed by atoms with Gasteiger partial charge in [-0.3, -0.25) is 19.3 Å². The highest BCUT2D eigenvalue weighted by Gasteiger charge is 2.36. The van der Waals surface area contributed by atoms with Crippen LogP contribution in [0.25, 0.3) is 6.08 Å². The van der Waals surface area contributed by atoms with E-state index in [2.05, 4.69) is 15.9 Å². The highest BCUT2D eigenvalue weighted by molar-refractivity contribution is 9.10. The SMILES string of the molecule is O=C(CN1C(=O)S/C(=C/c2ccc(OCc3ccccc3Cl)c(Br)c2)C1=O)c1ccc(Cl)cc1. The van der Waals surface area contributed by atoms with Crippen LogP contribution >= 0.6 is 50.9 Å². The van der Waals surface area contributed by atoms with E-state index in [1.165, 1.54) is 0 Å². The van der Waals surface area contributed by atoms with Crippen LogP contribution in [-0.2, 0) is 11.4 Å². The van der Waals surface area contributed by atoms with Gasteiger partial charge in [-0.15, -0.1) is 0 Å². The van der Waals surface area contributed by atoms with Crippen LogP contribution in [-0.4, -0.2) is 28.4 Å². The largest absolute Gasteiger partial charge is 0.488 e. The number of thioether (sulfide) groups is 1. The first-order chi connectivity index (χ1) is 16.3. The zero-order chi connectivity index (χ0) is 24.2. The minimum Gasteiger partial charge on any atom is -0.488 e. The van der Waals surface area contributed by atoms with Crippen molar-refractivity contribution in [1.82, 2.24) is 4.90 Å². The summed E-state index contributed by atoms with van der Waals surface area (Å²) in [5, 5.41) is 0.634. The minimum atomic E-state index is -0.507. The molecular weight excluding hydrogens is 561 g/mol. The van der Waals surface area contributed by atoms with Gasteiger partial charge in [0.2, 0.25) is 0 Å². The van der Waals surface area contributed by atoms with Crippen LogP contribution in [0.1, 0.15) is 21.5 Å². The van der Waals surface area contributed by atoms with Crippen LogP contribution in [0.3, 0.4) is 0 Å². The third-order valence-electron chi connectivity index (χ3n) is 4.94. The standard InChI is InChI=1S/C25H16BrCl2NO4S/c26-19-11-15(5-10-22(19)33-14-17-3-1-2-4-20(17)28)12-23-24(31)29(25(32)34-23)13-21(30)16-6-8-18(27)9-7-16/h1-12H,13-14H2/b23-12+. The second-order valence-corrected chi connectivity index (χ2v) is 9.96.